The van der Waals surface area contributed by atoms with Crippen LogP contribution in [-0.4, -0.2) is 30.5 Å². The summed E-state index contributed by atoms with van der Waals surface area (Å²) in [5, 5.41) is 4.42. The number of carbonyl (C=O) groups excluding carboxylic acids is 2. The summed E-state index contributed by atoms with van der Waals surface area (Å²) in [6, 6.07) is 10.4. The van der Waals surface area contributed by atoms with Crippen LogP contribution < -0.4 is 10.1 Å². The molecule has 26 heavy (non-hydrogen) atoms. The largest absolute Gasteiger partial charge is 0.497 e. The third-order valence-electron chi connectivity index (χ3n) is 3.39. The monoisotopic (exact) mass is 372 g/mol. The van der Waals surface area contributed by atoms with E-state index in [2.05, 4.69) is 10.3 Å². The van der Waals surface area contributed by atoms with Crippen molar-refractivity contribution in [1.82, 2.24) is 10.3 Å². The quantitative estimate of drug-likeness (QED) is 0.641. The molecule has 3 aromatic rings. The standard InChI is InChI=1S/C18H16N2O5S/c1-23-14-5-2-4-12(8-14)17(22)19-9-16(21)24-10-13-11-25-18(20-13)15-6-3-7-26-15/h2-8,11H,9-10H2,1H3,(H,19,22). The zero-order chi connectivity index (χ0) is 18.4. The van der Waals surface area contributed by atoms with E-state index in [0.717, 1.165) is 4.88 Å². The van der Waals surface area contributed by atoms with E-state index in [9.17, 15) is 9.59 Å². The summed E-state index contributed by atoms with van der Waals surface area (Å²) in [4.78, 5) is 29.0. The van der Waals surface area contributed by atoms with E-state index in [1.807, 2.05) is 17.5 Å². The summed E-state index contributed by atoms with van der Waals surface area (Å²) in [7, 11) is 1.52. The van der Waals surface area contributed by atoms with Gasteiger partial charge in [0.15, 0.2) is 0 Å². The summed E-state index contributed by atoms with van der Waals surface area (Å²) in [5.41, 5.74) is 0.898. The van der Waals surface area contributed by atoms with E-state index in [0.29, 0.717) is 22.9 Å². The van der Waals surface area contributed by atoms with Crippen molar-refractivity contribution in [3.8, 4) is 16.5 Å². The second kappa shape index (κ2) is 8.30. The minimum Gasteiger partial charge on any atom is -0.497 e. The van der Waals surface area contributed by atoms with Gasteiger partial charge in [-0.3, -0.25) is 9.59 Å². The molecule has 1 N–H and O–H groups in total. The molecule has 2 heterocycles. The van der Waals surface area contributed by atoms with Crippen LogP contribution in [-0.2, 0) is 16.1 Å². The van der Waals surface area contributed by atoms with Gasteiger partial charge in [0, 0.05) is 5.56 Å². The molecule has 0 fully saturated rings. The number of hydrogen-bond acceptors (Lipinski definition) is 7. The molecule has 0 aliphatic carbocycles. The maximum atomic E-state index is 12.0. The lowest BCUT2D eigenvalue weighted by molar-refractivity contribution is -0.143. The number of rotatable bonds is 7. The van der Waals surface area contributed by atoms with Gasteiger partial charge in [0.25, 0.3) is 5.91 Å². The summed E-state index contributed by atoms with van der Waals surface area (Å²) < 4.78 is 15.5. The third kappa shape index (κ3) is 4.48. The van der Waals surface area contributed by atoms with Gasteiger partial charge < -0.3 is 19.2 Å². The van der Waals surface area contributed by atoms with Crippen molar-refractivity contribution in [2.24, 2.45) is 0 Å². The average Bonchev–Trinajstić information content (AvgIpc) is 3.35. The molecule has 1 aromatic carbocycles. The Morgan fingerprint density at radius 1 is 1.27 bits per heavy atom. The molecule has 3 rings (SSSR count). The van der Waals surface area contributed by atoms with E-state index >= 15 is 0 Å². The molecule has 0 atom stereocenters. The maximum Gasteiger partial charge on any atom is 0.325 e. The minimum atomic E-state index is -0.568. The van der Waals surface area contributed by atoms with Gasteiger partial charge in [0.2, 0.25) is 5.89 Å². The number of nitrogens with one attached hydrogen (secondary N) is 1. The molecule has 0 aliphatic heterocycles. The minimum absolute atomic E-state index is 0.0251. The summed E-state index contributed by atoms with van der Waals surface area (Å²) in [6.45, 7) is -0.269. The van der Waals surface area contributed by atoms with E-state index in [1.165, 1.54) is 24.7 Å². The Morgan fingerprint density at radius 2 is 2.15 bits per heavy atom. The lowest BCUT2D eigenvalue weighted by Crippen LogP contribution is -2.30. The highest BCUT2D eigenvalue weighted by molar-refractivity contribution is 7.13. The number of benzene rings is 1. The molecule has 0 spiro atoms. The normalized spacial score (nSPS) is 10.3. The second-order valence-electron chi connectivity index (χ2n) is 5.20. The van der Waals surface area contributed by atoms with Crippen LogP contribution in [0.2, 0.25) is 0 Å². The number of ether oxygens (including phenoxy) is 2. The SMILES string of the molecule is COc1cccc(C(=O)NCC(=O)OCc2coc(-c3cccs3)n2)c1. The first kappa shape index (κ1) is 17.7. The molecular weight excluding hydrogens is 356 g/mol. The molecule has 0 saturated heterocycles. The molecule has 1 amide bonds. The Bertz CT molecular complexity index is 889. The molecule has 0 saturated carbocycles. The Hall–Kier alpha value is -3.13. The van der Waals surface area contributed by atoms with Crippen molar-refractivity contribution >= 4 is 23.2 Å². The van der Waals surface area contributed by atoms with Crippen LogP contribution in [0, 0.1) is 0 Å². The highest BCUT2D eigenvalue weighted by Gasteiger charge is 2.12. The van der Waals surface area contributed by atoms with Crippen LogP contribution in [0.25, 0.3) is 10.8 Å². The number of hydrogen-bond donors (Lipinski definition) is 1. The zero-order valence-electron chi connectivity index (χ0n) is 13.9. The lowest BCUT2D eigenvalue weighted by atomic mass is 10.2. The summed E-state index contributed by atoms with van der Waals surface area (Å²) in [6.07, 6.45) is 1.44. The molecule has 7 nitrogen and oxygen atoms in total. The van der Waals surface area contributed by atoms with Gasteiger partial charge in [-0.2, -0.15) is 0 Å². The Kier molecular flexibility index (Phi) is 5.65. The van der Waals surface area contributed by atoms with Gasteiger partial charge in [-0.25, -0.2) is 4.98 Å². The van der Waals surface area contributed by atoms with E-state index < -0.39 is 5.97 Å². The fraction of sp³-hybridized carbons (Fsp3) is 0.167. The topological polar surface area (TPSA) is 90.7 Å². The molecule has 2 aromatic heterocycles. The molecule has 0 bridgehead atoms. The van der Waals surface area contributed by atoms with Crippen LogP contribution in [0.4, 0.5) is 0 Å². The van der Waals surface area contributed by atoms with Gasteiger partial charge in [0.05, 0.1) is 12.0 Å². The lowest BCUT2D eigenvalue weighted by Gasteiger charge is -2.06. The van der Waals surface area contributed by atoms with Crippen LogP contribution in [0.15, 0.2) is 52.5 Å². The van der Waals surface area contributed by atoms with Gasteiger partial charge in [0.1, 0.15) is 30.9 Å². The van der Waals surface area contributed by atoms with Gasteiger partial charge in [-0.1, -0.05) is 12.1 Å². The Balaban J connectivity index is 1.46. The van der Waals surface area contributed by atoms with Crippen molar-refractivity contribution in [2.75, 3.05) is 13.7 Å². The average molecular weight is 372 g/mol. The predicted molar refractivity (Wildman–Crippen MR) is 94.9 cm³/mol. The number of oxazole rings is 1. The highest BCUT2D eigenvalue weighted by Crippen LogP contribution is 2.23. The first-order valence-electron chi connectivity index (χ1n) is 7.72. The van der Waals surface area contributed by atoms with Crippen LogP contribution in [0.3, 0.4) is 0 Å². The second-order valence-corrected chi connectivity index (χ2v) is 6.14. The van der Waals surface area contributed by atoms with Crippen molar-refractivity contribution in [2.45, 2.75) is 6.61 Å². The zero-order valence-corrected chi connectivity index (χ0v) is 14.7. The number of nitrogens with zero attached hydrogens (tertiary/aromatic N) is 1. The van der Waals surface area contributed by atoms with E-state index in [1.54, 1.807) is 24.3 Å². The van der Waals surface area contributed by atoms with Crippen molar-refractivity contribution in [3.05, 3.63) is 59.3 Å². The number of carbonyl (C=O) groups is 2. The maximum absolute atomic E-state index is 12.0. The molecule has 0 radical (unpaired) electrons. The Morgan fingerprint density at radius 3 is 2.92 bits per heavy atom. The first-order valence-corrected chi connectivity index (χ1v) is 8.60. The number of amides is 1. The molecular formula is C18H16N2O5S. The third-order valence-corrected chi connectivity index (χ3v) is 4.25. The van der Waals surface area contributed by atoms with E-state index in [4.69, 9.17) is 13.9 Å². The molecule has 134 valence electrons. The fourth-order valence-electron chi connectivity index (χ4n) is 2.11. The summed E-state index contributed by atoms with van der Waals surface area (Å²) in [5.74, 6) is 0.0920. The number of esters is 1. The van der Waals surface area contributed by atoms with Crippen molar-refractivity contribution in [1.29, 1.82) is 0 Å². The molecule has 0 unspecified atom stereocenters. The number of aromatic nitrogens is 1. The van der Waals surface area contributed by atoms with Gasteiger partial charge in [-0.15, -0.1) is 11.3 Å². The highest BCUT2D eigenvalue weighted by atomic mass is 32.1. The summed E-state index contributed by atoms with van der Waals surface area (Å²) >= 11 is 1.51. The van der Waals surface area contributed by atoms with Crippen molar-refractivity contribution in [3.63, 3.8) is 0 Å². The Labute approximate surface area is 153 Å². The van der Waals surface area contributed by atoms with Gasteiger partial charge >= 0.3 is 5.97 Å². The first-order chi connectivity index (χ1) is 12.7. The number of thiophene rings is 1. The van der Waals surface area contributed by atoms with Crippen LogP contribution >= 0.6 is 11.3 Å². The van der Waals surface area contributed by atoms with Crippen LogP contribution in [0.1, 0.15) is 16.1 Å². The van der Waals surface area contributed by atoms with Crippen LogP contribution in [0.5, 0.6) is 5.75 Å². The molecule has 0 aliphatic rings. The van der Waals surface area contributed by atoms with Gasteiger partial charge in [-0.05, 0) is 29.6 Å². The van der Waals surface area contributed by atoms with Crippen molar-refractivity contribution < 1.29 is 23.5 Å². The van der Waals surface area contributed by atoms with E-state index in [-0.39, 0.29) is 19.1 Å². The molecule has 8 heteroatoms. The smallest absolute Gasteiger partial charge is 0.325 e. The predicted octanol–water partition coefficient (Wildman–Crippen LogP) is 2.88. The number of methoxy groups -OCH3 is 1. The fourth-order valence-corrected chi connectivity index (χ4v) is 2.77.